The van der Waals surface area contributed by atoms with Crippen molar-refractivity contribution in [2.24, 2.45) is 0 Å². The van der Waals surface area contributed by atoms with Gasteiger partial charge < -0.3 is 14.2 Å². The second-order valence-corrected chi connectivity index (χ2v) is 23.4. The molecule has 0 N–H and O–H groups in total. The second-order valence-electron chi connectivity index (χ2n) is 23.4. The number of carbonyl (C=O) groups is 3. The Morgan fingerprint density at radius 3 is 0.684 bits per heavy atom. The molecule has 0 aliphatic rings. The van der Waals surface area contributed by atoms with E-state index in [9.17, 15) is 14.4 Å². The highest BCUT2D eigenvalue weighted by molar-refractivity contribution is 5.71. The summed E-state index contributed by atoms with van der Waals surface area (Å²) in [5.41, 5.74) is 0. The van der Waals surface area contributed by atoms with Crippen molar-refractivity contribution in [1.29, 1.82) is 0 Å². The van der Waals surface area contributed by atoms with E-state index in [-0.39, 0.29) is 31.1 Å². The molecule has 76 heavy (non-hydrogen) atoms. The maximum absolute atomic E-state index is 12.9. The number of esters is 3. The maximum atomic E-state index is 12.9. The minimum Gasteiger partial charge on any atom is -0.462 e. The fourth-order valence-corrected chi connectivity index (χ4v) is 10.5. The highest BCUT2D eigenvalue weighted by atomic mass is 16.6. The molecular weight excluding hydrogens is 937 g/mol. The molecular formula is C70H132O6. The van der Waals surface area contributed by atoms with E-state index in [0.29, 0.717) is 19.3 Å². The fourth-order valence-electron chi connectivity index (χ4n) is 10.5. The van der Waals surface area contributed by atoms with Crippen LogP contribution in [0.2, 0.25) is 0 Å². The molecule has 6 nitrogen and oxygen atoms in total. The van der Waals surface area contributed by atoms with E-state index in [1.54, 1.807) is 0 Å². The van der Waals surface area contributed by atoms with Crippen LogP contribution < -0.4 is 0 Å². The second kappa shape index (κ2) is 65.4. The van der Waals surface area contributed by atoms with E-state index < -0.39 is 6.10 Å². The first-order chi connectivity index (χ1) is 37.5. The van der Waals surface area contributed by atoms with Crippen molar-refractivity contribution in [3.63, 3.8) is 0 Å². The summed E-state index contributed by atoms with van der Waals surface area (Å²) in [4.78, 5) is 38.3. The fraction of sp³-hybridized carbons (Fsp3) is 0.900. The molecule has 0 aliphatic heterocycles. The third-order valence-electron chi connectivity index (χ3n) is 15.7. The van der Waals surface area contributed by atoms with Crippen LogP contribution in [0.5, 0.6) is 0 Å². The molecule has 0 rings (SSSR count). The van der Waals surface area contributed by atoms with Gasteiger partial charge in [0.2, 0.25) is 0 Å². The summed E-state index contributed by atoms with van der Waals surface area (Å²) < 4.78 is 16.9. The molecule has 0 aromatic rings. The third-order valence-corrected chi connectivity index (χ3v) is 15.7. The summed E-state index contributed by atoms with van der Waals surface area (Å²) in [7, 11) is 0. The van der Waals surface area contributed by atoms with Crippen molar-refractivity contribution in [1.82, 2.24) is 0 Å². The molecule has 0 aliphatic carbocycles. The summed E-state index contributed by atoms with van der Waals surface area (Å²) >= 11 is 0. The van der Waals surface area contributed by atoms with Gasteiger partial charge in [-0.3, -0.25) is 14.4 Å². The number of hydrogen-bond acceptors (Lipinski definition) is 6. The van der Waals surface area contributed by atoms with E-state index in [1.807, 2.05) is 0 Å². The quantitative estimate of drug-likeness (QED) is 0.0261. The number of carbonyl (C=O) groups excluding carboxylic acids is 3. The van der Waals surface area contributed by atoms with E-state index in [2.05, 4.69) is 45.1 Å². The standard InChI is InChI=1S/C70H132O6/c1-4-7-10-13-16-19-22-25-27-28-29-30-31-32-33-34-35-36-37-38-39-40-41-42-44-45-48-51-54-57-60-63-69(72)75-66-67(65-74-68(71)62-59-56-53-50-47-24-21-18-15-12-9-6-3)76-70(73)64-61-58-55-52-49-46-43-26-23-20-17-14-11-8-5-2/h18,21,28-29,67H,4-17,19-20,22-27,30-66H2,1-3H3/b21-18-,29-28-. The molecule has 0 aromatic carbocycles. The van der Waals surface area contributed by atoms with Crippen molar-refractivity contribution in [2.75, 3.05) is 13.2 Å². The lowest BCUT2D eigenvalue weighted by Crippen LogP contribution is -2.30. The molecule has 0 radical (unpaired) electrons. The van der Waals surface area contributed by atoms with Crippen LogP contribution in [0.1, 0.15) is 387 Å². The van der Waals surface area contributed by atoms with Gasteiger partial charge in [0.1, 0.15) is 13.2 Å². The monoisotopic (exact) mass is 1070 g/mol. The summed E-state index contributed by atoms with van der Waals surface area (Å²) in [6, 6.07) is 0. The predicted octanol–water partition coefficient (Wildman–Crippen LogP) is 23.4. The van der Waals surface area contributed by atoms with Gasteiger partial charge in [0.15, 0.2) is 6.10 Å². The number of hydrogen-bond donors (Lipinski definition) is 0. The Kier molecular flexibility index (Phi) is 63.6. The molecule has 0 heterocycles. The van der Waals surface area contributed by atoms with E-state index in [0.717, 1.165) is 64.2 Å². The number of rotatable bonds is 64. The van der Waals surface area contributed by atoms with Gasteiger partial charge in [-0.25, -0.2) is 0 Å². The van der Waals surface area contributed by atoms with Crippen LogP contribution in [0, 0.1) is 0 Å². The molecule has 1 unspecified atom stereocenters. The molecule has 0 aromatic heterocycles. The first-order valence-electron chi connectivity index (χ1n) is 34.3. The van der Waals surface area contributed by atoms with Gasteiger partial charge in [0.05, 0.1) is 0 Å². The number of allylic oxidation sites excluding steroid dienone is 4. The molecule has 0 bridgehead atoms. The Morgan fingerprint density at radius 1 is 0.250 bits per heavy atom. The highest BCUT2D eigenvalue weighted by Gasteiger charge is 2.19. The lowest BCUT2D eigenvalue weighted by Gasteiger charge is -2.18. The van der Waals surface area contributed by atoms with Crippen LogP contribution in [0.25, 0.3) is 0 Å². The van der Waals surface area contributed by atoms with Gasteiger partial charge in [0, 0.05) is 19.3 Å². The van der Waals surface area contributed by atoms with Crippen LogP contribution in [0.15, 0.2) is 24.3 Å². The molecule has 448 valence electrons. The van der Waals surface area contributed by atoms with Gasteiger partial charge in [-0.1, -0.05) is 321 Å². The summed E-state index contributed by atoms with van der Waals surface area (Å²) in [6.07, 6.45) is 79.3. The van der Waals surface area contributed by atoms with Crippen molar-refractivity contribution < 1.29 is 28.6 Å². The van der Waals surface area contributed by atoms with E-state index >= 15 is 0 Å². The van der Waals surface area contributed by atoms with Crippen LogP contribution in [-0.2, 0) is 28.6 Å². The zero-order valence-corrected chi connectivity index (χ0v) is 51.6. The van der Waals surface area contributed by atoms with Crippen molar-refractivity contribution in [3.05, 3.63) is 24.3 Å². The smallest absolute Gasteiger partial charge is 0.306 e. The summed E-state index contributed by atoms with van der Waals surface area (Å²) in [5, 5.41) is 0. The first-order valence-corrected chi connectivity index (χ1v) is 34.3. The molecule has 6 heteroatoms. The van der Waals surface area contributed by atoms with Crippen molar-refractivity contribution in [2.45, 2.75) is 393 Å². The average Bonchev–Trinajstić information content (AvgIpc) is 3.42. The maximum Gasteiger partial charge on any atom is 0.306 e. The SMILES string of the molecule is CCCCC/C=C\CCCCCCCC(=O)OCC(COC(=O)CCCCCCCCCCCCCCCCCCCCC/C=C\CCCCCCCCCC)OC(=O)CCCCCCCCCCCCCCCCC. The Balaban J connectivity index is 4.08. The minimum absolute atomic E-state index is 0.0676. The first kappa shape index (κ1) is 73.9. The Morgan fingerprint density at radius 2 is 0.434 bits per heavy atom. The lowest BCUT2D eigenvalue weighted by atomic mass is 10.0. The average molecular weight is 1070 g/mol. The summed E-state index contributed by atoms with van der Waals surface area (Å²) in [5.74, 6) is -0.850. The molecule has 0 fully saturated rings. The number of ether oxygens (including phenoxy) is 3. The summed E-state index contributed by atoms with van der Waals surface area (Å²) in [6.45, 7) is 6.68. The molecule has 0 saturated heterocycles. The predicted molar refractivity (Wildman–Crippen MR) is 330 cm³/mol. The number of unbranched alkanes of at least 4 members (excludes halogenated alkanes) is 49. The van der Waals surface area contributed by atoms with Crippen molar-refractivity contribution >= 4 is 17.9 Å². The Hall–Kier alpha value is -2.11. The zero-order chi connectivity index (χ0) is 55.0. The zero-order valence-electron chi connectivity index (χ0n) is 51.6. The topological polar surface area (TPSA) is 78.9 Å². The van der Waals surface area contributed by atoms with Crippen LogP contribution in [0.3, 0.4) is 0 Å². The molecule has 0 spiro atoms. The van der Waals surface area contributed by atoms with Crippen LogP contribution >= 0.6 is 0 Å². The normalized spacial score (nSPS) is 12.1. The van der Waals surface area contributed by atoms with Crippen molar-refractivity contribution in [3.8, 4) is 0 Å². The minimum atomic E-state index is -0.770. The Labute approximate surface area is 474 Å². The molecule has 1 atom stereocenters. The molecule has 0 saturated carbocycles. The Bertz CT molecular complexity index is 1230. The van der Waals surface area contributed by atoms with Crippen LogP contribution in [-0.4, -0.2) is 37.2 Å². The van der Waals surface area contributed by atoms with Gasteiger partial charge in [-0.2, -0.15) is 0 Å². The van der Waals surface area contributed by atoms with Gasteiger partial charge in [-0.15, -0.1) is 0 Å². The van der Waals surface area contributed by atoms with Gasteiger partial charge in [0.25, 0.3) is 0 Å². The van der Waals surface area contributed by atoms with Crippen LogP contribution in [0.4, 0.5) is 0 Å². The third kappa shape index (κ3) is 62.7. The molecule has 0 amide bonds. The lowest BCUT2D eigenvalue weighted by molar-refractivity contribution is -0.167. The highest BCUT2D eigenvalue weighted by Crippen LogP contribution is 2.18. The van der Waals surface area contributed by atoms with E-state index in [4.69, 9.17) is 14.2 Å². The van der Waals surface area contributed by atoms with E-state index in [1.165, 1.54) is 283 Å². The largest absolute Gasteiger partial charge is 0.462 e. The van der Waals surface area contributed by atoms with Gasteiger partial charge in [-0.05, 0) is 70.6 Å². The van der Waals surface area contributed by atoms with Gasteiger partial charge >= 0.3 is 17.9 Å².